The number of guanidine groups is 1. The highest BCUT2D eigenvalue weighted by Gasteiger charge is 2.22. The first-order valence-corrected chi connectivity index (χ1v) is 11.6. The maximum atomic E-state index is 6.30. The quantitative estimate of drug-likeness (QED) is 0.581. The van der Waals surface area contributed by atoms with Gasteiger partial charge in [0.25, 0.3) is 0 Å². The van der Waals surface area contributed by atoms with Gasteiger partial charge >= 0.3 is 0 Å². The van der Waals surface area contributed by atoms with E-state index in [2.05, 4.69) is 31.8 Å². The number of rotatable bonds is 5. The predicted octanol–water partition coefficient (Wildman–Crippen LogP) is 3.15. The summed E-state index contributed by atoms with van der Waals surface area (Å²) in [5.74, 6) is 1.31. The average molecular weight is 433 g/mol. The van der Waals surface area contributed by atoms with Crippen molar-refractivity contribution in [1.29, 1.82) is 0 Å². The summed E-state index contributed by atoms with van der Waals surface area (Å²) in [4.78, 5) is 16.1. The first kappa shape index (κ1) is 20.4. The molecule has 6 nitrogen and oxygen atoms in total. The van der Waals surface area contributed by atoms with Crippen LogP contribution in [0.15, 0.2) is 40.8 Å². The van der Waals surface area contributed by atoms with Gasteiger partial charge in [-0.1, -0.05) is 29.8 Å². The Kier molecular flexibility index (Phi) is 6.90. The van der Waals surface area contributed by atoms with Gasteiger partial charge < -0.3 is 15.5 Å². The Hall–Kier alpha value is -1.83. The van der Waals surface area contributed by atoms with Crippen LogP contribution in [-0.4, -0.2) is 66.6 Å². The van der Waals surface area contributed by atoms with E-state index in [1.807, 2.05) is 23.7 Å². The number of anilines is 1. The van der Waals surface area contributed by atoms with Gasteiger partial charge in [0.2, 0.25) is 0 Å². The number of benzene rings is 1. The molecular formula is C21H29ClN6S. The first-order valence-electron chi connectivity index (χ1n) is 10.3. The monoisotopic (exact) mass is 432 g/mol. The van der Waals surface area contributed by atoms with Crippen molar-refractivity contribution >= 4 is 34.0 Å². The Bertz CT molecular complexity index is 795. The summed E-state index contributed by atoms with van der Waals surface area (Å²) < 4.78 is 0. The van der Waals surface area contributed by atoms with Gasteiger partial charge in [0.05, 0.1) is 0 Å². The number of aliphatic imine (C=N–C) groups is 1. The molecular weight excluding hydrogens is 404 g/mol. The van der Waals surface area contributed by atoms with Crippen LogP contribution in [0.4, 0.5) is 5.13 Å². The van der Waals surface area contributed by atoms with E-state index in [1.54, 1.807) is 11.3 Å². The van der Waals surface area contributed by atoms with E-state index in [9.17, 15) is 0 Å². The van der Waals surface area contributed by atoms with Crippen LogP contribution in [0.1, 0.15) is 18.4 Å². The van der Waals surface area contributed by atoms with E-state index in [0.717, 1.165) is 62.5 Å². The van der Waals surface area contributed by atoms with Crippen molar-refractivity contribution in [3.8, 4) is 0 Å². The number of aromatic nitrogens is 1. The summed E-state index contributed by atoms with van der Waals surface area (Å²) in [7, 11) is 0. The number of piperazine rings is 1. The second kappa shape index (κ2) is 9.78. The van der Waals surface area contributed by atoms with Crippen molar-refractivity contribution in [2.75, 3.05) is 50.7 Å². The van der Waals surface area contributed by atoms with E-state index in [1.165, 1.54) is 18.4 Å². The Morgan fingerprint density at radius 1 is 1.14 bits per heavy atom. The summed E-state index contributed by atoms with van der Waals surface area (Å²) >= 11 is 7.99. The molecule has 29 heavy (non-hydrogen) atoms. The second-order valence-corrected chi connectivity index (χ2v) is 9.08. The highest BCUT2D eigenvalue weighted by Crippen LogP contribution is 2.23. The third-order valence-corrected chi connectivity index (χ3v) is 7.06. The Morgan fingerprint density at radius 2 is 1.90 bits per heavy atom. The zero-order valence-electron chi connectivity index (χ0n) is 16.7. The maximum absolute atomic E-state index is 6.30. The lowest BCUT2D eigenvalue weighted by Gasteiger charge is -2.35. The molecule has 3 heterocycles. The fourth-order valence-corrected chi connectivity index (χ4v) is 4.91. The summed E-state index contributed by atoms with van der Waals surface area (Å²) in [5.41, 5.74) is 7.51. The smallest absolute Gasteiger partial charge is 0.191 e. The minimum atomic E-state index is 0.618. The highest BCUT2D eigenvalue weighted by atomic mass is 35.5. The zero-order valence-corrected chi connectivity index (χ0v) is 18.3. The van der Waals surface area contributed by atoms with Crippen molar-refractivity contribution in [2.45, 2.75) is 19.4 Å². The number of hydrogen-bond donors (Lipinski definition) is 1. The zero-order chi connectivity index (χ0) is 20.1. The highest BCUT2D eigenvalue weighted by molar-refractivity contribution is 7.13. The molecule has 2 fully saturated rings. The minimum Gasteiger partial charge on any atom is -0.370 e. The summed E-state index contributed by atoms with van der Waals surface area (Å²) in [6.07, 6.45) is 4.19. The summed E-state index contributed by atoms with van der Waals surface area (Å²) in [5, 5.41) is 3.99. The molecule has 0 bridgehead atoms. The van der Waals surface area contributed by atoms with Gasteiger partial charge in [-0.25, -0.2) is 4.98 Å². The topological polar surface area (TPSA) is 61.0 Å². The van der Waals surface area contributed by atoms with Crippen molar-refractivity contribution in [1.82, 2.24) is 14.8 Å². The van der Waals surface area contributed by atoms with E-state index < -0.39 is 0 Å². The van der Waals surface area contributed by atoms with E-state index in [4.69, 9.17) is 22.3 Å². The van der Waals surface area contributed by atoms with Gasteiger partial charge in [-0.2, -0.15) is 0 Å². The Balaban J connectivity index is 1.20. The van der Waals surface area contributed by atoms with Gasteiger partial charge in [0.1, 0.15) is 0 Å². The molecule has 2 saturated heterocycles. The normalized spacial score (nSPS) is 19.7. The van der Waals surface area contributed by atoms with Crippen LogP contribution in [0.5, 0.6) is 0 Å². The molecule has 0 amide bonds. The second-order valence-electron chi connectivity index (χ2n) is 7.80. The number of nitrogens with zero attached hydrogens (tertiary/aromatic N) is 5. The standard InChI is InChI=1S/C21H29ClN6S/c22-19-4-2-1-3-18(19)16-26-8-5-17(6-9-26)15-25-20(23)27-10-12-28(13-11-27)21-24-7-14-29-21/h1-4,7,14,17H,5-6,8-13,15-16H2,(H2,23,25). The molecule has 4 rings (SSSR count). The number of hydrogen-bond acceptors (Lipinski definition) is 5. The maximum Gasteiger partial charge on any atom is 0.191 e. The lowest BCUT2D eigenvalue weighted by molar-refractivity contribution is 0.180. The first-order chi connectivity index (χ1) is 14.2. The fourth-order valence-electron chi connectivity index (χ4n) is 4.02. The molecule has 0 spiro atoms. The van der Waals surface area contributed by atoms with Gasteiger partial charge in [0, 0.05) is 55.9 Å². The van der Waals surface area contributed by atoms with Crippen LogP contribution in [0, 0.1) is 5.92 Å². The van der Waals surface area contributed by atoms with E-state index in [0.29, 0.717) is 11.9 Å². The molecule has 2 aromatic rings. The number of thiazole rings is 1. The Morgan fingerprint density at radius 3 is 2.59 bits per heavy atom. The lowest BCUT2D eigenvalue weighted by atomic mass is 9.96. The molecule has 2 N–H and O–H groups in total. The molecule has 1 aromatic carbocycles. The molecule has 0 unspecified atom stereocenters. The Labute approximate surface area is 182 Å². The van der Waals surface area contributed by atoms with E-state index >= 15 is 0 Å². The van der Waals surface area contributed by atoms with Crippen molar-refractivity contribution in [3.63, 3.8) is 0 Å². The minimum absolute atomic E-state index is 0.618. The third-order valence-electron chi connectivity index (χ3n) is 5.86. The summed E-state index contributed by atoms with van der Waals surface area (Å²) in [6.45, 7) is 7.67. The molecule has 8 heteroatoms. The van der Waals surface area contributed by atoms with Crippen LogP contribution >= 0.6 is 22.9 Å². The largest absolute Gasteiger partial charge is 0.370 e. The molecule has 0 saturated carbocycles. The SMILES string of the molecule is NC(=NCC1CCN(Cc2ccccc2Cl)CC1)N1CCN(c2nccs2)CC1. The van der Waals surface area contributed by atoms with E-state index in [-0.39, 0.29) is 0 Å². The number of piperidine rings is 1. The van der Waals surface area contributed by atoms with Gasteiger partial charge in [-0.05, 0) is 43.5 Å². The number of halogens is 1. The lowest BCUT2D eigenvalue weighted by Crippen LogP contribution is -2.51. The number of nitrogens with two attached hydrogens (primary N) is 1. The van der Waals surface area contributed by atoms with Crippen molar-refractivity contribution in [2.24, 2.45) is 16.6 Å². The predicted molar refractivity (Wildman–Crippen MR) is 122 cm³/mol. The van der Waals surface area contributed by atoms with Crippen LogP contribution < -0.4 is 10.6 Å². The van der Waals surface area contributed by atoms with Crippen molar-refractivity contribution in [3.05, 3.63) is 46.4 Å². The molecule has 2 aliphatic heterocycles. The molecule has 0 radical (unpaired) electrons. The fraction of sp³-hybridized carbons (Fsp3) is 0.524. The molecule has 2 aliphatic rings. The molecule has 0 atom stereocenters. The summed E-state index contributed by atoms with van der Waals surface area (Å²) in [6, 6.07) is 8.13. The van der Waals surface area contributed by atoms with Crippen molar-refractivity contribution < 1.29 is 0 Å². The van der Waals surface area contributed by atoms with Crippen LogP contribution in [-0.2, 0) is 6.54 Å². The average Bonchev–Trinajstić information content (AvgIpc) is 3.30. The van der Waals surface area contributed by atoms with Gasteiger partial charge in [-0.3, -0.25) is 9.89 Å². The van der Waals surface area contributed by atoms with Crippen LogP contribution in [0.3, 0.4) is 0 Å². The van der Waals surface area contributed by atoms with Crippen LogP contribution in [0.2, 0.25) is 5.02 Å². The van der Waals surface area contributed by atoms with Crippen LogP contribution in [0.25, 0.3) is 0 Å². The van der Waals surface area contributed by atoms with Gasteiger partial charge in [0.15, 0.2) is 11.1 Å². The number of likely N-dealkylation sites (tertiary alicyclic amines) is 1. The third kappa shape index (κ3) is 5.41. The van der Waals surface area contributed by atoms with Gasteiger partial charge in [-0.15, -0.1) is 11.3 Å². The molecule has 156 valence electrons. The molecule has 1 aromatic heterocycles. The molecule has 0 aliphatic carbocycles.